The van der Waals surface area contributed by atoms with Crippen LogP contribution >= 0.6 is 11.8 Å². The lowest BCUT2D eigenvalue weighted by atomic mass is 10.1. The minimum atomic E-state index is -4.66. The molecule has 5 nitrogen and oxygen atoms in total. The third kappa shape index (κ3) is 5.20. The van der Waals surface area contributed by atoms with Crippen molar-refractivity contribution in [3.05, 3.63) is 41.8 Å². The molecule has 3 rings (SSSR count). The number of hydrogen-bond donors (Lipinski definition) is 0. The second-order valence-electron chi connectivity index (χ2n) is 6.40. The van der Waals surface area contributed by atoms with Gasteiger partial charge < -0.3 is 9.80 Å². The molecule has 0 spiro atoms. The van der Waals surface area contributed by atoms with E-state index in [2.05, 4.69) is 14.9 Å². The maximum atomic E-state index is 13.2. The number of halogens is 4. The predicted octanol–water partition coefficient (Wildman–Crippen LogP) is 3.17. The van der Waals surface area contributed by atoms with E-state index in [1.807, 2.05) is 7.05 Å². The first kappa shape index (κ1) is 20.5. The SMILES string of the molecule is CN1CCN(C(=O)CSc2nc(-c3ccc(F)cc3)cc(C(F)(F)F)n2)CC1. The molecule has 1 saturated heterocycles. The average molecular weight is 414 g/mol. The summed E-state index contributed by atoms with van der Waals surface area (Å²) in [5, 5.41) is -0.142. The Morgan fingerprint density at radius 1 is 1.11 bits per heavy atom. The molecule has 0 bridgehead atoms. The third-order valence-electron chi connectivity index (χ3n) is 4.32. The highest BCUT2D eigenvalue weighted by Gasteiger charge is 2.34. The van der Waals surface area contributed by atoms with Gasteiger partial charge in [0.2, 0.25) is 5.91 Å². The molecule has 1 fully saturated rings. The number of amides is 1. The summed E-state index contributed by atoms with van der Waals surface area (Å²) in [6.07, 6.45) is -4.66. The molecule has 0 N–H and O–H groups in total. The molecular weight excluding hydrogens is 396 g/mol. The molecule has 0 radical (unpaired) electrons. The molecule has 28 heavy (non-hydrogen) atoms. The van der Waals surface area contributed by atoms with Gasteiger partial charge in [-0.1, -0.05) is 11.8 Å². The zero-order chi connectivity index (χ0) is 20.3. The van der Waals surface area contributed by atoms with Gasteiger partial charge in [-0.2, -0.15) is 13.2 Å². The molecule has 1 amide bonds. The zero-order valence-corrected chi connectivity index (χ0v) is 15.9. The van der Waals surface area contributed by atoms with Gasteiger partial charge in [-0.05, 0) is 37.4 Å². The van der Waals surface area contributed by atoms with Gasteiger partial charge in [0.25, 0.3) is 0 Å². The van der Waals surface area contributed by atoms with Gasteiger partial charge in [-0.25, -0.2) is 14.4 Å². The second kappa shape index (κ2) is 8.44. The van der Waals surface area contributed by atoms with Gasteiger partial charge in [-0.3, -0.25) is 4.79 Å². The summed E-state index contributed by atoms with van der Waals surface area (Å²) < 4.78 is 52.7. The largest absolute Gasteiger partial charge is 0.433 e. The highest BCUT2D eigenvalue weighted by atomic mass is 32.2. The number of rotatable bonds is 4. The summed E-state index contributed by atoms with van der Waals surface area (Å²) in [5.41, 5.74) is -0.741. The highest BCUT2D eigenvalue weighted by molar-refractivity contribution is 7.99. The molecule has 150 valence electrons. The maximum absolute atomic E-state index is 13.2. The lowest BCUT2D eigenvalue weighted by molar-refractivity contribution is -0.141. The fourth-order valence-corrected chi connectivity index (χ4v) is 3.44. The Bertz CT molecular complexity index is 836. The van der Waals surface area contributed by atoms with Crippen molar-refractivity contribution in [1.29, 1.82) is 0 Å². The van der Waals surface area contributed by atoms with Crippen LogP contribution in [0.3, 0.4) is 0 Å². The molecule has 1 aromatic carbocycles. The first-order valence-electron chi connectivity index (χ1n) is 8.54. The Morgan fingerprint density at radius 3 is 2.36 bits per heavy atom. The molecule has 10 heteroatoms. The number of alkyl halides is 3. The normalized spacial score (nSPS) is 15.7. The standard InChI is InChI=1S/C18H18F4N4OS/c1-25-6-8-26(9-7-25)16(27)11-28-17-23-14(10-15(24-17)18(20,21)22)12-2-4-13(19)5-3-12/h2-5,10H,6-9,11H2,1H3. The molecule has 0 unspecified atom stereocenters. The quantitative estimate of drug-likeness (QED) is 0.437. The number of thioether (sulfide) groups is 1. The topological polar surface area (TPSA) is 49.3 Å². The van der Waals surface area contributed by atoms with Crippen LogP contribution in [-0.4, -0.2) is 64.7 Å². The van der Waals surface area contributed by atoms with Crippen LogP contribution in [-0.2, 0) is 11.0 Å². The summed E-state index contributed by atoms with van der Waals surface area (Å²) in [5.74, 6) is -0.711. The number of piperazine rings is 1. The summed E-state index contributed by atoms with van der Waals surface area (Å²) in [7, 11) is 1.96. The number of carbonyl (C=O) groups excluding carboxylic acids is 1. The van der Waals surface area contributed by atoms with Gasteiger partial charge >= 0.3 is 6.18 Å². The second-order valence-corrected chi connectivity index (χ2v) is 7.34. The van der Waals surface area contributed by atoms with Crippen LogP contribution in [0.1, 0.15) is 5.69 Å². The van der Waals surface area contributed by atoms with Gasteiger partial charge in [0.05, 0.1) is 11.4 Å². The maximum Gasteiger partial charge on any atom is 0.433 e. The molecular formula is C18H18F4N4OS. The van der Waals surface area contributed by atoms with Crippen LogP contribution in [0.2, 0.25) is 0 Å². The van der Waals surface area contributed by atoms with Crippen molar-refractivity contribution in [2.75, 3.05) is 39.0 Å². The van der Waals surface area contributed by atoms with E-state index in [0.29, 0.717) is 18.7 Å². The van der Waals surface area contributed by atoms with Crippen LogP contribution in [0.5, 0.6) is 0 Å². The van der Waals surface area contributed by atoms with Crippen LogP contribution in [0.15, 0.2) is 35.5 Å². The number of likely N-dealkylation sites (N-methyl/N-ethyl adjacent to an activating group) is 1. The Morgan fingerprint density at radius 2 is 1.75 bits per heavy atom. The van der Waals surface area contributed by atoms with Gasteiger partial charge in [0.1, 0.15) is 11.5 Å². The number of benzene rings is 1. The lowest BCUT2D eigenvalue weighted by Crippen LogP contribution is -2.47. The van der Waals surface area contributed by atoms with E-state index in [1.54, 1.807) is 4.90 Å². The highest BCUT2D eigenvalue weighted by Crippen LogP contribution is 2.32. The summed E-state index contributed by atoms with van der Waals surface area (Å²) >= 11 is 0.864. The summed E-state index contributed by atoms with van der Waals surface area (Å²) in [6, 6.07) is 5.81. The van der Waals surface area contributed by atoms with E-state index >= 15 is 0 Å². The van der Waals surface area contributed by atoms with Crippen molar-refractivity contribution in [2.45, 2.75) is 11.3 Å². The monoisotopic (exact) mass is 414 g/mol. The smallest absolute Gasteiger partial charge is 0.339 e. The minimum Gasteiger partial charge on any atom is -0.339 e. The lowest BCUT2D eigenvalue weighted by Gasteiger charge is -2.32. The molecule has 2 heterocycles. The van der Waals surface area contributed by atoms with E-state index in [1.165, 1.54) is 12.1 Å². The molecule has 0 aliphatic carbocycles. The Labute approximate surface area is 163 Å². The third-order valence-corrected chi connectivity index (χ3v) is 5.15. The zero-order valence-electron chi connectivity index (χ0n) is 15.0. The van der Waals surface area contributed by atoms with E-state index in [-0.39, 0.29) is 22.5 Å². The molecule has 1 aromatic heterocycles. The number of hydrogen-bond acceptors (Lipinski definition) is 5. The van der Waals surface area contributed by atoms with Gasteiger partial charge in [0.15, 0.2) is 5.16 Å². The molecule has 0 saturated carbocycles. The van der Waals surface area contributed by atoms with Gasteiger partial charge in [0, 0.05) is 31.7 Å². The Kier molecular flexibility index (Phi) is 6.19. The predicted molar refractivity (Wildman–Crippen MR) is 97.2 cm³/mol. The van der Waals surface area contributed by atoms with Crippen molar-refractivity contribution in [3.8, 4) is 11.3 Å². The van der Waals surface area contributed by atoms with Crippen LogP contribution in [0, 0.1) is 5.82 Å². The van der Waals surface area contributed by atoms with E-state index in [0.717, 1.165) is 43.1 Å². The van der Waals surface area contributed by atoms with Crippen molar-refractivity contribution >= 4 is 17.7 Å². The van der Waals surface area contributed by atoms with E-state index < -0.39 is 17.7 Å². The van der Waals surface area contributed by atoms with Crippen molar-refractivity contribution in [1.82, 2.24) is 19.8 Å². The Balaban J connectivity index is 1.78. The Hall–Kier alpha value is -2.20. The van der Waals surface area contributed by atoms with Crippen molar-refractivity contribution in [2.24, 2.45) is 0 Å². The first-order chi connectivity index (χ1) is 13.2. The number of nitrogens with zero attached hydrogens (tertiary/aromatic N) is 4. The number of carbonyl (C=O) groups is 1. The molecule has 1 aliphatic heterocycles. The van der Waals surface area contributed by atoms with Crippen molar-refractivity contribution in [3.63, 3.8) is 0 Å². The van der Waals surface area contributed by atoms with Crippen molar-refractivity contribution < 1.29 is 22.4 Å². The average Bonchev–Trinajstić information content (AvgIpc) is 2.66. The van der Waals surface area contributed by atoms with E-state index in [4.69, 9.17) is 0 Å². The molecule has 2 aromatic rings. The molecule has 1 aliphatic rings. The van der Waals surface area contributed by atoms with Crippen LogP contribution < -0.4 is 0 Å². The minimum absolute atomic E-state index is 0.0249. The summed E-state index contributed by atoms with van der Waals surface area (Å²) in [6.45, 7) is 2.68. The van der Waals surface area contributed by atoms with Crippen LogP contribution in [0.4, 0.5) is 17.6 Å². The van der Waals surface area contributed by atoms with E-state index in [9.17, 15) is 22.4 Å². The summed E-state index contributed by atoms with van der Waals surface area (Å²) in [4.78, 5) is 23.8. The fraction of sp³-hybridized carbons (Fsp3) is 0.389. The number of aromatic nitrogens is 2. The fourth-order valence-electron chi connectivity index (χ4n) is 2.68. The van der Waals surface area contributed by atoms with Gasteiger partial charge in [-0.15, -0.1) is 0 Å². The van der Waals surface area contributed by atoms with Crippen LogP contribution in [0.25, 0.3) is 11.3 Å². The first-order valence-corrected chi connectivity index (χ1v) is 9.52. The molecule has 0 atom stereocenters.